The fraction of sp³-hybridized carbons (Fsp3) is 0.600. The predicted molar refractivity (Wildman–Crippen MR) is 94.2 cm³/mol. The number of alkyl carbamates (subject to hydrolysis) is 1. The second-order valence-corrected chi connectivity index (χ2v) is 6.47. The molecular weight excluding hydrogens is 286 g/mol. The van der Waals surface area contributed by atoms with Crippen LogP contribution in [-0.4, -0.2) is 19.2 Å². The first-order valence-electron chi connectivity index (χ1n) is 9.11. The standard InChI is InChI=1S/C20H30NO2/c22-20(21-16-8-6-14-19-12-4-5-13-19)23-17-9-7-15-18-10-2-1-3-11-18/h1-4,10-11,19H,5-9,12-17H2,(H,21,22). The Hall–Kier alpha value is -1.51. The molecule has 0 spiro atoms. The highest BCUT2D eigenvalue weighted by Crippen LogP contribution is 2.27. The molecule has 1 aliphatic rings. The Morgan fingerprint density at radius 1 is 1.13 bits per heavy atom. The van der Waals surface area contributed by atoms with Crippen LogP contribution >= 0.6 is 0 Å². The number of rotatable bonds is 10. The molecule has 1 aliphatic carbocycles. The molecule has 1 radical (unpaired) electrons. The fourth-order valence-electron chi connectivity index (χ4n) is 3.13. The summed E-state index contributed by atoms with van der Waals surface area (Å²) >= 11 is 0. The van der Waals surface area contributed by atoms with Crippen LogP contribution in [-0.2, 0) is 11.2 Å². The van der Waals surface area contributed by atoms with Gasteiger partial charge in [0, 0.05) is 6.54 Å². The minimum Gasteiger partial charge on any atom is -0.450 e. The van der Waals surface area contributed by atoms with Gasteiger partial charge in [0.1, 0.15) is 0 Å². The van der Waals surface area contributed by atoms with E-state index in [4.69, 9.17) is 4.74 Å². The van der Waals surface area contributed by atoms with E-state index in [0.29, 0.717) is 6.61 Å². The van der Waals surface area contributed by atoms with E-state index >= 15 is 0 Å². The van der Waals surface area contributed by atoms with Gasteiger partial charge in [0.25, 0.3) is 0 Å². The van der Waals surface area contributed by atoms with Crippen LogP contribution in [0.1, 0.15) is 56.9 Å². The van der Waals surface area contributed by atoms with E-state index in [0.717, 1.165) is 38.1 Å². The van der Waals surface area contributed by atoms with Crippen LogP contribution in [0.2, 0.25) is 0 Å². The second kappa shape index (κ2) is 11.1. The molecule has 3 nitrogen and oxygen atoms in total. The van der Waals surface area contributed by atoms with Crippen LogP contribution in [0.25, 0.3) is 0 Å². The number of hydrogen-bond donors (Lipinski definition) is 1. The smallest absolute Gasteiger partial charge is 0.407 e. The molecule has 2 rings (SSSR count). The topological polar surface area (TPSA) is 38.3 Å². The Morgan fingerprint density at radius 3 is 2.78 bits per heavy atom. The van der Waals surface area contributed by atoms with Gasteiger partial charge in [-0.05, 0) is 56.4 Å². The van der Waals surface area contributed by atoms with Crippen LogP contribution in [0.3, 0.4) is 0 Å². The molecule has 1 saturated carbocycles. The third kappa shape index (κ3) is 8.06. The van der Waals surface area contributed by atoms with Gasteiger partial charge in [-0.15, -0.1) is 0 Å². The summed E-state index contributed by atoms with van der Waals surface area (Å²) < 4.78 is 5.20. The Balaban J connectivity index is 1.38. The first-order chi connectivity index (χ1) is 11.3. The summed E-state index contributed by atoms with van der Waals surface area (Å²) in [6, 6.07) is 10.4. The number of nitrogens with one attached hydrogen (secondary N) is 1. The van der Waals surface area contributed by atoms with Gasteiger partial charge in [-0.1, -0.05) is 49.6 Å². The molecule has 127 valence electrons. The maximum absolute atomic E-state index is 11.6. The maximum atomic E-state index is 11.6. The predicted octanol–water partition coefficient (Wildman–Crippen LogP) is 4.91. The first kappa shape index (κ1) is 17.8. The van der Waals surface area contributed by atoms with Crippen molar-refractivity contribution in [1.29, 1.82) is 0 Å². The van der Waals surface area contributed by atoms with Crippen LogP contribution in [0, 0.1) is 12.3 Å². The van der Waals surface area contributed by atoms with Crippen molar-refractivity contribution in [1.82, 2.24) is 5.32 Å². The van der Waals surface area contributed by atoms with Gasteiger partial charge >= 0.3 is 6.09 Å². The number of unbranched alkanes of at least 4 members (excludes halogenated alkanes) is 2. The lowest BCUT2D eigenvalue weighted by molar-refractivity contribution is 0.144. The summed E-state index contributed by atoms with van der Waals surface area (Å²) in [7, 11) is 0. The van der Waals surface area contributed by atoms with Gasteiger partial charge in [-0.25, -0.2) is 4.79 Å². The lowest BCUT2D eigenvalue weighted by Crippen LogP contribution is -2.25. The quantitative estimate of drug-likeness (QED) is 0.623. The molecule has 1 aromatic rings. The van der Waals surface area contributed by atoms with Crippen molar-refractivity contribution in [3.05, 3.63) is 42.3 Å². The second-order valence-electron chi connectivity index (χ2n) is 6.47. The SMILES string of the molecule is O=C(NCCCCC1C[CH]CC1)OCCCCc1ccccc1. The number of carbonyl (C=O) groups is 1. The van der Waals surface area contributed by atoms with Gasteiger partial charge < -0.3 is 10.1 Å². The number of amides is 1. The van der Waals surface area contributed by atoms with Gasteiger partial charge in [0.2, 0.25) is 0 Å². The van der Waals surface area contributed by atoms with Crippen LogP contribution < -0.4 is 5.32 Å². The molecule has 1 atom stereocenters. The Bertz CT molecular complexity index is 427. The molecule has 3 heteroatoms. The molecule has 0 heterocycles. The molecule has 0 aliphatic heterocycles. The molecular formula is C20H30NO2. The summed E-state index contributed by atoms with van der Waals surface area (Å²) in [5.41, 5.74) is 1.34. The van der Waals surface area contributed by atoms with E-state index in [9.17, 15) is 4.79 Å². The normalized spacial score (nSPS) is 14.8. The molecule has 0 saturated heterocycles. The Morgan fingerprint density at radius 2 is 2.00 bits per heavy atom. The van der Waals surface area contributed by atoms with Gasteiger partial charge in [-0.3, -0.25) is 0 Å². The fourth-order valence-corrected chi connectivity index (χ4v) is 3.13. The number of carbonyl (C=O) groups excluding carboxylic acids is 1. The Labute approximate surface area is 140 Å². The molecule has 23 heavy (non-hydrogen) atoms. The van der Waals surface area contributed by atoms with E-state index in [-0.39, 0.29) is 6.09 Å². The van der Waals surface area contributed by atoms with E-state index in [2.05, 4.69) is 36.0 Å². The minimum absolute atomic E-state index is 0.265. The van der Waals surface area contributed by atoms with Crippen molar-refractivity contribution in [2.45, 2.75) is 57.8 Å². The third-order valence-electron chi connectivity index (χ3n) is 4.52. The van der Waals surface area contributed by atoms with Gasteiger partial charge in [0.15, 0.2) is 0 Å². The summed E-state index contributed by atoms with van der Waals surface area (Å²) in [6.45, 7) is 1.25. The zero-order chi connectivity index (χ0) is 16.2. The molecule has 1 unspecified atom stereocenters. The first-order valence-corrected chi connectivity index (χ1v) is 9.11. The highest BCUT2D eigenvalue weighted by molar-refractivity contribution is 5.66. The van der Waals surface area contributed by atoms with Gasteiger partial charge in [0.05, 0.1) is 6.61 Å². The molecule has 1 fully saturated rings. The van der Waals surface area contributed by atoms with Crippen molar-refractivity contribution in [3.8, 4) is 0 Å². The van der Waals surface area contributed by atoms with Crippen molar-refractivity contribution in [2.24, 2.45) is 5.92 Å². The summed E-state index contributed by atoms with van der Waals surface area (Å²) in [4.78, 5) is 11.6. The lowest BCUT2D eigenvalue weighted by Gasteiger charge is -2.09. The maximum Gasteiger partial charge on any atom is 0.407 e. The third-order valence-corrected chi connectivity index (χ3v) is 4.52. The van der Waals surface area contributed by atoms with Gasteiger partial charge in [-0.2, -0.15) is 0 Å². The largest absolute Gasteiger partial charge is 0.450 e. The number of benzene rings is 1. The molecule has 1 amide bonds. The molecule has 1 N–H and O–H groups in total. The minimum atomic E-state index is -0.265. The lowest BCUT2D eigenvalue weighted by atomic mass is 10.0. The van der Waals surface area contributed by atoms with Crippen molar-refractivity contribution >= 4 is 6.09 Å². The molecule has 0 bridgehead atoms. The van der Waals surface area contributed by atoms with E-state index < -0.39 is 0 Å². The zero-order valence-corrected chi connectivity index (χ0v) is 14.1. The number of aryl methyl sites for hydroxylation is 1. The van der Waals surface area contributed by atoms with E-state index in [1.165, 1.54) is 37.7 Å². The van der Waals surface area contributed by atoms with E-state index in [1.807, 2.05) is 6.07 Å². The summed E-state index contributed by atoms with van der Waals surface area (Å²) in [6.07, 6.45) is 12.6. The highest BCUT2D eigenvalue weighted by Gasteiger charge is 2.14. The number of hydrogen-bond acceptors (Lipinski definition) is 2. The van der Waals surface area contributed by atoms with Crippen molar-refractivity contribution in [2.75, 3.05) is 13.2 Å². The average molecular weight is 316 g/mol. The number of ether oxygens (including phenoxy) is 1. The van der Waals surface area contributed by atoms with Crippen LogP contribution in [0.5, 0.6) is 0 Å². The highest BCUT2D eigenvalue weighted by atomic mass is 16.5. The molecule has 0 aromatic heterocycles. The summed E-state index contributed by atoms with van der Waals surface area (Å²) in [5.74, 6) is 0.895. The Kier molecular flexibility index (Phi) is 8.60. The average Bonchev–Trinajstić information content (AvgIpc) is 3.08. The van der Waals surface area contributed by atoms with Crippen LogP contribution in [0.15, 0.2) is 30.3 Å². The molecule has 1 aromatic carbocycles. The van der Waals surface area contributed by atoms with Crippen LogP contribution in [0.4, 0.5) is 4.79 Å². The van der Waals surface area contributed by atoms with Crippen molar-refractivity contribution in [3.63, 3.8) is 0 Å². The van der Waals surface area contributed by atoms with E-state index in [1.54, 1.807) is 0 Å². The summed E-state index contributed by atoms with van der Waals surface area (Å²) in [5, 5.41) is 2.85. The monoisotopic (exact) mass is 316 g/mol. The zero-order valence-electron chi connectivity index (χ0n) is 14.1. The van der Waals surface area contributed by atoms with Crippen molar-refractivity contribution < 1.29 is 9.53 Å².